The molecule has 0 nitrogen and oxygen atoms in total. The summed E-state index contributed by atoms with van der Waals surface area (Å²) in [7, 11) is -0.616. The van der Waals surface area contributed by atoms with Gasteiger partial charge in [-0.3, -0.25) is 0 Å². The van der Waals surface area contributed by atoms with Gasteiger partial charge < -0.3 is 0 Å². The van der Waals surface area contributed by atoms with Crippen LogP contribution < -0.4 is 5.19 Å². The molecule has 0 spiro atoms. The second-order valence-corrected chi connectivity index (χ2v) is 9.55. The Bertz CT molecular complexity index is 1030. The molecule has 0 N–H and O–H groups in total. The van der Waals surface area contributed by atoms with Crippen molar-refractivity contribution in [2.24, 2.45) is 0 Å². The standard InChI is InChI=1S/C26H23Si.Sn/c1-27(2)24-19-18-23(20-12-6-3-7-13-20)25(21-14-8-4-9-15-21)26(24)22-16-10-5-11-17-22;/h3-19H,1-2H3;. The molecule has 28 heavy (non-hydrogen) atoms. The maximum Gasteiger partial charge on any atom is 0.0800 e. The van der Waals surface area contributed by atoms with Crippen molar-refractivity contribution in [3.63, 3.8) is 0 Å². The van der Waals surface area contributed by atoms with E-state index in [1.54, 1.807) is 0 Å². The van der Waals surface area contributed by atoms with E-state index in [9.17, 15) is 0 Å². The summed E-state index contributed by atoms with van der Waals surface area (Å²) in [5, 5.41) is 1.49. The average molecular weight is 482 g/mol. The maximum absolute atomic E-state index is 2.38. The van der Waals surface area contributed by atoms with Crippen LogP contribution in [0.4, 0.5) is 0 Å². The summed E-state index contributed by atoms with van der Waals surface area (Å²) < 4.78 is 0. The Morgan fingerprint density at radius 3 is 1.36 bits per heavy atom. The Balaban J connectivity index is 0.00000225. The van der Waals surface area contributed by atoms with Gasteiger partial charge in [-0.1, -0.05) is 121 Å². The summed E-state index contributed by atoms with van der Waals surface area (Å²) >= 11 is 0. The van der Waals surface area contributed by atoms with Crippen LogP contribution >= 0.6 is 0 Å². The van der Waals surface area contributed by atoms with Gasteiger partial charge in [-0.15, -0.1) is 0 Å². The number of hydrogen-bond acceptors (Lipinski definition) is 0. The summed E-state index contributed by atoms with van der Waals surface area (Å²) in [6.45, 7) is 4.76. The van der Waals surface area contributed by atoms with E-state index in [-0.39, 0.29) is 23.9 Å². The van der Waals surface area contributed by atoms with Crippen LogP contribution in [0.5, 0.6) is 0 Å². The van der Waals surface area contributed by atoms with E-state index in [1.807, 2.05) is 0 Å². The van der Waals surface area contributed by atoms with Crippen LogP contribution in [0.25, 0.3) is 33.4 Å². The Kier molecular flexibility index (Phi) is 6.92. The van der Waals surface area contributed by atoms with Crippen LogP contribution in [0.3, 0.4) is 0 Å². The smallest absolute Gasteiger partial charge is 0.0671 e. The van der Waals surface area contributed by atoms with E-state index < -0.39 is 8.80 Å². The molecule has 0 aromatic heterocycles. The third-order valence-electron chi connectivity index (χ3n) is 4.95. The molecule has 0 bridgehead atoms. The third-order valence-corrected chi connectivity index (χ3v) is 6.45. The van der Waals surface area contributed by atoms with Crippen molar-refractivity contribution >= 4 is 37.9 Å². The second kappa shape index (κ2) is 9.40. The minimum Gasteiger partial charge on any atom is -0.0671 e. The maximum atomic E-state index is 2.38. The topological polar surface area (TPSA) is 0 Å². The van der Waals surface area contributed by atoms with Gasteiger partial charge in [-0.25, -0.2) is 0 Å². The van der Waals surface area contributed by atoms with Crippen LogP contribution in [0, 0.1) is 0 Å². The van der Waals surface area contributed by atoms with Gasteiger partial charge in [-0.2, -0.15) is 0 Å². The molecule has 0 aliphatic heterocycles. The minimum atomic E-state index is -0.616. The fraction of sp³-hybridized carbons (Fsp3) is 0.0769. The molecule has 0 saturated carbocycles. The molecule has 135 valence electrons. The Labute approximate surface area is 186 Å². The quantitative estimate of drug-likeness (QED) is 0.301. The third kappa shape index (κ3) is 4.16. The van der Waals surface area contributed by atoms with E-state index in [0.717, 1.165) is 0 Å². The fourth-order valence-electron chi connectivity index (χ4n) is 3.69. The predicted molar refractivity (Wildman–Crippen MR) is 126 cm³/mol. The fourth-order valence-corrected chi connectivity index (χ4v) is 4.87. The molecule has 0 aliphatic carbocycles. The first-order valence-electron chi connectivity index (χ1n) is 9.39. The molecule has 0 heterocycles. The van der Waals surface area contributed by atoms with Gasteiger partial charge in [-0.05, 0) is 33.4 Å². The van der Waals surface area contributed by atoms with Gasteiger partial charge in [0, 0.05) is 23.9 Å². The molecule has 4 aromatic rings. The van der Waals surface area contributed by atoms with Crippen LogP contribution in [-0.2, 0) is 0 Å². The molecule has 0 unspecified atom stereocenters. The Morgan fingerprint density at radius 2 is 0.893 bits per heavy atom. The van der Waals surface area contributed by atoms with E-state index in [1.165, 1.54) is 38.6 Å². The van der Waals surface area contributed by atoms with Crippen molar-refractivity contribution in [2.45, 2.75) is 13.1 Å². The number of hydrogen-bond donors (Lipinski definition) is 0. The first kappa shape index (κ1) is 20.6. The van der Waals surface area contributed by atoms with Crippen molar-refractivity contribution in [1.29, 1.82) is 0 Å². The molecule has 0 saturated heterocycles. The molecule has 4 aromatic carbocycles. The Hall–Kier alpha value is -2.10. The van der Waals surface area contributed by atoms with E-state index in [2.05, 4.69) is 116 Å². The van der Waals surface area contributed by atoms with Gasteiger partial charge in [0.1, 0.15) is 0 Å². The number of rotatable bonds is 4. The van der Waals surface area contributed by atoms with Gasteiger partial charge in [0.25, 0.3) is 0 Å². The van der Waals surface area contributed by atoms with Crippen molar-refractivity contribution in [3.05, 3.63) is 103 Å². The molecule has 2 heteroatoms. The monoisotopic (exact) mass is 483 g/mol. The summed E-state index contributed by atoms with van der Waals surface area (Å²) in [6.07, 6.45) is 0. The summed E-state index contributed by atoms with van der Waals surface area (Å²) in [6, 6.07) is 37.1. The summed E-state index contributed by atoms with van der Waals surface area (Å²) in [5.74, 6) is 0. The molecular formula is C26H23SiSn. The minimum absolute atomic E-state index is 0. The average Bonchev–Trinajstić information content (AvgIpc) is 2.74. The van der Waals surface area contributed by atoms with Gasteiger partial charge in [0.15, 0.2) is 0 Å². The SMILES string of the molecule is C[Si](C)c1ccc(-c2ccccc2)c(-c2ccccc2)c1-c1ccccc1.[Sn]. The first-order chi connectivity index (χ1) is 13.3. The zero-order chi connectivity index (χ0) is 18.6. The van der Waals surface area contributed by atoms with Crippen molar-refractivity contribution in [3.8, 4) is 33.4 Å². The van der Waals surface area contributed by atoms with Crippen molar-refractivity contribution in [2.75, 3.05) is 0 Å². The van der Waals surface area contributed by atoms with Gasteiger partial charge in [0.05, 0.1) is 8.80 Å². The first-order valence-corrected chi connectivity index (χ1v) is 11.9. The molecule has 4 rings (SSSR count). The zero-order valence-corrected chi connectivity index (χ0v) is 20.2. The summed E-state index contributed by atoms with van der Waals surface area (Å²) in [4.78, 5) is 0. The van der Waals surface area contributed by atoms with E-state index in [4.69, 9.17) is 0 Å². The van der Waals surface area contributed by atoms with Crippen LogP contribution in [0.2, 0.25) is 13.1 Å². The Morgan fingerprint density at radius 1 is 0.464 bits per heavy atom. The molecule has 0 aliphatic rings. The largest absolute Gasteiger partial charge is 0.0800 e. The molecule has 0 fully saturated rings. The van der Waals surface area contributed by atoms with Crippen molar-refractivity contribution < 1.29 is 0 Å². The van der Waals surface area contributed by atoms with Crippen molar-refractivity contribution in [1.82, 2.24) is 0 Å². The molecular weight excluding hydrogens is 459 g/mol. The van der Waals surface area contributed by atoms with Crippen LogP contribution in [0.15, 0.2) is 103 Å². The predicted octanol–water partition coefficient (Wildman–Crippen LogP) is 6.27. The second-order valence-electron chi connectivity index (χ2n) is 7.01. The molecule has 5 radical (unpaired) electrons. The normalized spacial score (nSPS) is 10.5. The molecule has 0 amide bonds. The summed E-state index contributed by atoms with van der Waals surface area (Å²) in [5.41, 5.74) is 7.88. The van der Waals surface area contributed by atoms with E-state index >= 15 is 0 Å². The van der Waals surface area contributed by atoms with Gasteiger partial charge in [0.2, 0.25) is 0 Å². The number of benzene rings is 4. The van der Waals surface area contributed by atoms with Crippen LogP contribution in [-0.4, -0.2) is 32.7 Å². The van der Waals surface area contributed by atoms with E-state index in [0.29, 0.717) is 0 Å². The van der Waals surface area contributed by atoms with Crippen LogP contribution in [0.1, 0.15) is 0 Å². The van der Waals surface area contributed by atoms with Gasteiger partial charge >= 0.3 is 0 Å². The zero-order valence-electron chi connectivity index (χ0n) is 16.3. The molecule has 0 atom stereocenters.